The first kappa shape index (κ1) is 15.1. The SMILES string of the molecule is O=[C][C@@H](NC(=O)OCC(Cl)(Cl)Cl)c1ccccc1. The minimum absolute atomic E-state index is 0.413. The van der Waals surface area contributed by atoms with Crippen molar-refractivity contribution in [2.45, 2.75) is 9.83 Å². The van der Waals surface area contributed by atoms with Gasteiger partial charge < -0.3 is 10.1 Å². The molecule has 0 aliphatic heterocycles. The molecule has 0 heterocycles. The fraction of sp³-hybridized carbons (Fsp3) is 0.273. The van der Waals surface area contributed by atoms with Gasteiger partial charge in [0.05, 0.1) is 0 Å². The standard InChI is InChI=1S/C11H9Cl3NO3/c12-11(13,14)7-18-10(17)15-9(6-16)8-4-2-1-3-5-8/h1-5,9H,7H2,(H,15,17)/t9-/m1/s1. The van der Waals surface area contributed by atoms with Gasteiger partial charge in [-0.25, -0.2) is 4.79 Å². The van der Waals surface area contributed by atoms with E-state index in [1.165, 1.54) is 0 Å². The first-order valence-electron chi connectivity index (χ1n) is 4.85. The second kappa shape index (κ2) is 6.83. The van der Waals surface area contributed by atoms with Crippen LogP contribution in [0, 0.1) is 0 Å². The van der Waals surface area contributed by atoms with Crippen LogP contribution < -0.4 is 5.32 Å². The van der Waals surface area contributed by atoms with Crippen LogP contribution in [0.1, 0.15) is 11.6 Å². The summed E-state index contributed by atoms with van der Waals surface area (Å²) in [4.78, 5) is 22.1. The Kier molecular flexibility index (Phi) is 5.72. The van der Waals surface area contributed by atoms with Gasteiger partial charge in [0, 0.05) is 0 Å². The quantitative estimate of drug-likeness (QED) is 0.870. The van der Waals surface area contributed by atoms with Crippen molar-refractivity contribution < 1.29 is 14.3 Å². The van der Waals surface area contributed by atoms with Crippen molar-refractivity contribution in [3.63, 3.8) is 0 Å². The number of alkyl carbamates (subject to hydrolysis) is 1. The Morgan fingerprint density at radius 2 is 1.94 bits per heavy atom. The number of alkyl halides is 3. The Bertz CT molecular complexity index is 406. The molecule has 0 aromatic heterocycles. The van der Waals surface area contributed by atoms with Crippen LogP contribution in [-0.4, -0.2) is 22.8 Å². The number of hydrogen-bond acceptors (Lipinski definition) is 3. The summed E-state index contributed by atoms with van der Waals surface area (Å²) in [5.41, 5.74) is 0.582. The summed E-state index contributed by atoms with van der Waals surface area (Å²) in [6.45, 7) is -0.413. The maximum Gasteiger partial charge on any atom is 0.408 e. The number of carbonyl (C=O) groups is 1. The monoisotopic (exact) mass is 308 g/mol. The third-order valence-corrected chi connectivity index (χ3v) is 2.21. The van der Waals surface area contributed by atoms with Crippen molar-refractivity contribution in [2.75, 3.05) is 6.61 Å². The Labute approximate surface area is 119 Å². The molecule has 1 rings (SSSR count). The lowest BCUT2D eigenvalue weighted by molar-refractivity contribution is 0.146. The van der Waals surface area contributed by atoms with Gasteiger partial charge in [-0.3, -0.25) is 4.79 Å². The molecule has 1 aromatic carbocycles. The summed E-state index contributed by atoms with van der Waals surface area (Å²) in [6.07, 6.45) is 0.823. The van der Waals surface area contributed by atoms with Gasteiger partial charge in [0.25, 0.3) is 0 Å². The van der Waals surface area contributed by atoms with E-state index < -0.39 is 22.5 Å². The average Bonchev–Trinajstić information content (AvgIpc) is 2.33. The molecule has 18 heavy (non-hydrogen) atoms. The van der Waals surface area contributed by atoms with Gasteiger partial charge in [-0.1, -0.05) is 65.1 Å². The second-order valence-electron chi connectivity index (χ2n) is 3.30. The van der Waals surface area contributed by atoms with Gasteiger partial charge in [0.1, 0.15) is 12.6 Å². The topological polar surface area (TPSA) is 55.4 Å². The fourth-order valence-corrected chi connectivity index (χ4v) is 1.30. The van der Waals surface area contributed by atoms with E-state index in [1.807, 2.05) is 0 Å². The van der Waals surface area contributed by atoms with Crippen molar-refractivity contribution in [2.24, 2.45) is 0 Å². The molecule has 0 spiro atoms. The smallest absolute Gasteiger partial charge is 0.408 e. The zero-order valence-electron chi connectivity index (χ0n) is 9.03. The summed E-state index contributed by atoms with van der Waals surface area (Å²) >= 11 is 16.2. The molecular formula is C11H9Cl3NO3. The minimum Gasteiger partial charge on any atom is -0.445 e. The molecule has 1 radical (unpaired) electrons. The molecule has 7 heteroatoms. The number of halogens is 3. The van der Waals surface area contributed by atoms with Gasteiger partial charge in [-0.15, -0.1) is 0 Å². The summed E-state index contributed by atoms with van der Waals surface area (Å²) in [5, 5.41) is 2.29. The van der Waals surface area contributed by atoms with E-state index in [4.69, 9.17) is 34.8 Å². The van der Waals surface area contributed by atoms with Crippen molar-refractivity contribution in [3.8, 4) is 0 Å². The number of nitrogens with one attached hydrogen (secondary N) is 1. The molecular weight excluding hydrogens is 300 g/mol. The molecule has 0 unspecified atom stereocenters. The van der Waals surface area contributed by atoms with Crippen LogP contribution >= 0.6 is 34.8 Å². The lowest BCUT2D eigenvalue weighted by atomic mass is 10.1. The second-order valence-corrected chi connectivity index (χ2v) is 5.81. The fourth-order valence-electron chi connectivity index (χ4n) is 1.13. The maximum atomic E-state index is 11.3. The van der Waals surface area contributed by atoms with Gasteiger partial charge in [-0.05, 0) is 5.56 Å². The zero-order chi connectivity index (χ0) is 13.6. The van der Waals surface area contributed by atoms with Crippen LogP contribution in [0.2, 0.25) is 0 Å². The summed E-state index contributed by atoms with van der Waals surface area (Å²) < 4.78 is 2.95. The van der Waals surface area contributed by atoms with Crippen molar-refractivity contribution >= 4 is 47.2 Å². The predicted octanol–water partition coefficient (Wildman–Crippen LogP) is 2.93. The lowest BCUT2D eigenvalue weighted by Gasteiger charge is -2.15. The molecule has 1 aromatic rings. The molecule has 0 fully saturated rings. The highest BCUT2D eigenvalue weighted by Crippen LogP contribution is 2.25. The normalized spacial score (nSPS) is 12.6. The summed E-state index contributed by atoms with van der Waals surface area (Å²) in [6, 6.07) is 7.67. The lowest BCUT2D eigenvalue weighted by Crippen LogP contribution is -2.32. The summed E-state index contributed by atoms with van der Waals surface area (Å²) in [7, 11) is 0. The van der Waals surface area contributed by atoms with Gasteiger partial charge in [0.2, 0.25) is 10.1 Å². The predicted molar refractivity (Wildman–Crippen MR) is 69.7 cm³/mol. The van der Waals surface area contributed by atoms with Crippen LogP contribution in [0.3, 0.4) is 0 Å². The van der Waals surface area contributed by atoms with Gasteiger partial charge in [0.15, 0.2) is 0 Å². The van der Waals surface area contributed by atoms with E-state index in [0.29, 0.717) is 5.56 Å². The molecule has 0 aliphatic rings. The van der Waals surface area contributed by atoms with E-state index in [9.17, 15) is 9.59 Å². The molecule has 0 aliphatic carbocycles. The number of amides is 1. The van der Waals surface area contributed by atoms with Crippen molar-refractivity contribution in [1.82, 2.24) is 5.32 Å². The van der Waals surface area contributed by atoms with E-state index in [2.05, 4.69) is 10.1 Å². The molecule has 1 atom stereocenters. The number of hydrogen-bond donors (Lipinski definition) is 1. The first-order valence-corrected chi connectivity index (χ1v) is 5.98. The van der Waals surface area contributed by atoms with Crippen LogP contribution in [0.15, 0.2) is 30.3 Å². The highest BCUT2D eigenvalue weighted by Gasteiger charge is 2.23. The van der Waals surface area contributed by atoms with Gasteiger partial charge >= 0.3 is 6.09 Å². The van der Waals surface area contributed by atoms with Crippen molar-refractivity contribution in [1.29, 1.82) is 0 Å². The third-order valence-electron chi connectivity index (χ3n) is 1.88. The minimum atomic E-state index is -1.69. The molecule has 0 bridgehead atoms. The van der Waals surface area contributed by atoms with Gasteiger partial charge in [-0.2, -0.15) is 0 Å². The van der Waals surface area contributed by atoms with E-state index in [1.54, 1.807) is 36.6 Å². The highest BCUT2D eigenvalue weighted by atomic mass is 35.6. The number of ether oxygens (including phenoxy) is 1. The Morgan fingerprint density at radius 3 is 2.44 bits per heavy atom. The first-order chi connectivity index (χ1) is 8.42. The van der Waals surface area contributed by atoms with Crippen LogP contribution in [-0.2, 0) is 9.53 Å². The number of rotatable bonds is 4. The zero-order valence-corrected chi connectivity index (χ0v) is 11.3. The molecule has 1 amide bonds. The maximum absolute atomic E-state index is 11.3. The average molecular weight is 310 g/mol. The molecule has 0 saturated carbocycles. The molecule has 1 N–H and O–H groups in total. The van der Waals surface area contributed by atoms with Crippen LogP contribution in [0.5, 0.6) is 0 Å². The van der Waals surface area contributed by atoms with E-state index >= 15 is 0 Å². The molecule has 0 saturated heterocycles. The molecule has 97 valence electrons. The number of carbonyl (C=O) groups excluding carboxylic acids is 2. The highest BCUT2D eigenvalue weighted by molar-refractivity contribution is 6.67. The Balaban J connectivity index is 2.54. The third kappa shape index (κ3) is 5.58. The van der Waals surface area contributed by atoms with E-state index in [0.717, 1.165) is 0 Å². The summed E-state index contributed by atoms with van der Waals surface area (Å²) in [5.74, 6) is 0. The Hall–Kier alpha value is -0.970. The van der Waals surface area contributed by atoms with Crippen LogP contribution in [0.4, 0.5) is 4.79 Å². The van der Waals surface area contributed by atoms with E-state index in [-0.39, 0.29) is 0 Å². The largest absolute Gasteiger partial charge is 0.445 e. The molecule has 4 nitrogen and oxygen atoms in total. The van der Waals surface area contributed by atoms with Crippen LogP contribution in [0.25, 0.3) is 0 Å². The Morgan fingerprint density at radius 1 is 1.33 bits per heavy atom. The van der Waals surface area contributed by atoms with Crippen molar-refractivity contribution in [3.05, 3.63) is 35.9 Å². The number of benzene rings is 1.